The summed E-state index contributed by atoms with van der Waals surface area (Å²) in [6, 6.07) is 5.98. The van der Waals surface area contributed by atoms with Gasteiger partial charge >= 0.3 is 0 Å². The molecule has 0 aliphatic carbocycles. The topological polar surface area (TPSA) is 58.4 Å². The summed E-state index contributed by atoms with van der Waals surface area (Å²) < 4.78 is 10.5. The van der Waals surface area contributed by atoms with Crippen LogP contribution in [-0.4, -0.2) is 42.8 Å². The fraction of sp³-hybridized carbons (Fsp3) is 0.538. The Labute approximate surface area is 107 Å². The van der Waals surface area contributed by atoms with E-state index in [1.807, 2.05) is 19.1 Å². The minimum absolute atomic E-state index is 0.328. The maximum absolute atomic E-state index is 8.86. The van der Waals surface area contributed by atoms with E-state index in [-0.39, 0.29) is 6.10 Å². The summed E-state index contributed by atoms with van der Waals surface area (Å²) in [5.74, 6) is 0.822. The van der Waals surface area contributed by atoms with E-state index in [0.29, 0.717) is 13.2 Å². The number of pyridine rings is 1. The van der Waals surface area contributed by atoms with Crippen molar-refractivity contribution in [1.82, 2.24) is 9.88 Å². The molecule has 2 rings (SSSR count). The molecule has 1 aliphatic rings. The molecule has 1 unspecified atom stereocenters. The number of hydrogen-bond donors (Lipinski definition) is 0. The molecule has 2 heterocycles. The van der Waals surface area contributed by atoms with Gasteiger partial charge in [0.1, 0.15) is 5.75 Å². The lowest BCUT2D eigenvalue weighted by atomic mass is 10.2. The molecular weight excluding hydrogens is 230 g/mol. The molecule has 1 aliphatic heterocycles. The van der Waals surface area contributed by atoms with Gasteiger partial charge in [-0.25, -0.2) is 0 Å². The van der Waals surface area contributed by atoms with E-state index >= 15 is 0 Å². The summed E-state index contributed by atoms with van der Waals surface area (Å²) in [5.41, 5.74) is 1.90. The van der Waals surface area contributed by atoms with Gasteiger partial charge in [0, 0.05) is 37.5 Å². The molecular formula is C13H17N3O2. The van der Waals surface area contributed by atoms with Crippen LogP contribution in [0.2, 0.25) is 0 Å². The standard InChI is InChI=1S/C13H17N3O2/c1-10-5-12(17-2)6-11(15-10)8-16-3-4-18-13(7-14)9-16/h5-6,13H,3-4,8-9H2,1-2H3. The van der Waals surface area contributed by atoms with E-state index in [4.69, 9.17) is 14.7 Å². The number of methoxy groups -OCH3 is 1. The van der Waals surface area contributed by atoms with Gasteiger partial charge in [0.25, 0.3) is 0 Å². The van der Waals surface area contributed by atoms with E-state index in [0.717, 1.165) is 30.2 Å². The van der Waals surface area contributed by atoms with Gasteiger partial charge in [-0.2, -0.15) is 5.26 Å². The highest BCUT2D eigenvalue weighted by Crippen LogP contribution is 2.16. The minimum atomic E-state index is -0.328. The van der Waals surface area contributed by atoms with Gasteiger partial charge < -0.3 is 9.47 Å². The first kappa shape index (κ1) is 12.8. The molecule has 0 bridgehead atoms. The van der Waals surface area contributed by atoms with Crippen molar-refractivity contribution in [2.75, 3.05) is 26.8 Å². The van der Waals surface area contributed by atoms with Crippen molar-refractivity contribution in [3.05, 3.63) is 23.5 Å². The van der Waals surface area contributed by atoms with E-state index in [1.165, 1.54) is 0 Å². The van der Waals surface area contributed by atoms with Crippen molar-refractivity contribution >= 4 is 0 Å². The molecule has 96 valence electrons. The summed E-state index contributed by atoms with van der Waals surface area (Å²) in [6.45, 7) is 4.73. The van der Waals surface area contributed by atoms with Gasteiger partial charge in [0.05, 0.1) is 25.5 Å². The predicted octanol–water partition coefficient (Wildman–Crippen LogP) is 1.12. The van der Waals surface area contributed by atoms with Gasteiger partial charge in [-0.15, -0.1) is 0 Å². The van der Waals surface area contributed by atoms with Gasteiger partial charge in [-0.1, -0.05) is 0 Å². The van der Waals surface area contributed by atoms with Gasteiger partial charge in [0.15, 0.2) is 6.10 Å². The summed E-state index contributed by atoms with van der Waals surface area (Å²) in [6.07, 6.45) is -0.328. The molecule has 1 aromatic heterocycles. The van der Waals surface area contributed by atoms with Crippen molar-refractivity contribution in [2.24, 2.45) is 0 Å². The average molecular weight is 247 g/mol. The molecule has 18 heavy (non-hydrogen) atoms. The van der Waals surface area contributed by atoms with Crippen LogP contribution in [0.25, 0.3) is 0 Å². The molecule has 0 saturated carbocycles. The van der Waals surface area contributed by atoms with Gasteiger partial charge in [0.2, 0.25) is 0 Å². The Hall–Kier alpha value is -1.64. The maximum Gasteiger partial charge on any atom is 0.156 e. The zero-order valence-corrected chi connectivity index (χ0v) is 10.7. The molecule has 0 radical (unpaired) electrons. The Balaban J connectivity index is 2.04. The highest BCUT2D eigenvalue weighted by Gasteiger charge is 2.20. The number of aromatic nitrogens is 1. The van der Waals surface area contributed by atoms with Crippen LogP contribution in [0.5, 0.6) is 5.75 Å². The van der Waals surface area contributed by atoms with Crippen molar-refractivity contribution in [3.8, 4) is 11.8 Å². The first-order chi connectivity index (χ1) is 8.71. The van der Waals surface area contributed by atoms with Crippen LogP contribution in [0, 0.1) is 18.3 Å². The molecule has 0 aromatic carbocycles. The molecule has 0 spiro atoms. The molecule has 1 saturated heterocycles. The molecule has 5 heteroatoms. The molecule has 1 fully saturated rings. The molecule has 1 atom stereocenters. The third-order valence-electron chi connectivity index (χ3n) is 2.90. The van der Waals surface area contributed by atoms with Crippen LogP contribution in [0.4, 0.5) is 0 Å². The van der Waals surface area contributed by atoms with E-state index in [9.17, 15) is 0 Å². The first-order valence-electron chi connectivity index (χ1n) is 5.96. The van der Waals surface area contributed by atoms with Crippen LogP contribution >= 0.6 is 0 Å². The lowest BCUT2D eigenvalue weighted by Crippen LogP contribution is -2.41. The second-order valence-corrected chi connectivity index (χ2v) is 4.36. The Morgan fingerprint density at radius 3 is 3.17 bits per heavy atom. The number of aryl methyl sites for hydroxylation is 1. The second-order valence-electron chi connectivity index (χ2n) is 4.36. The number of hydrogen-bond acceptors (Lipinski definition) is 5. The van der Waals surface area contributed by atoms with E-state index in [1.54, 1.807) is 7.11 Å². The second kappa shape index (κ2) is 5.80. The Bertz CT molecular complexity index is 456. The first-order valence-corrected chi connectivity index (χ1v) is 5.96. The van der Waals surface area contributed by atoms with Crippen LogP contribution in [-0.2, 0) is 11.3 Å². The minimum Gasteiger partial charge on any atom is -0.497 e. The number of nitriles is 1. The zero-order valence-electron chi connectivity index (χ0n) is 10.7. The van der Waals surface area contributed by atoms with Crippen molar-refractivity contribution < 1.29 is 9.47 Å². The molecule has 0 amide bonds. The highest BCUT2D eigenvalue weighted by atomic mass is 16.5. The Kier molecular flexibility index (Phi) is 4.13. The number of ether oxygens (including phenoxy) is 2. The van der Waals surface area contributed by atoms with Crippen molar-refractivity contribution in [3.63, 3.8) is 0 Å². The maximum atomic E-state index is 8.86. The number of nitrogens with zero attached hydrogens (tertiary/aromatic N) is 3. The Morgan fingerprint density at radius 1 is 1.61 bits per heavy atom. The van der Waals surface area contributed by atoms with Crippen LogP contribution in [0.3, 0.4) is 0 Å². The fourth-order valence-electron chi connectivity index (χ4n) is 2.06. The number of rotatable bonds is 3. The lowest BCUT2D eigenvalue weighted by molar-refractivity contribution is -0.00314. The third-order valence-corrected chi connectivity index (χ3v) is 2.90. The normalized spacial score (nSPS) is 20.4. The van der Waals surface area contributed by atoms with Crippen LogP contribution in [0.1, 0.15) is 11.4 Å². The largest absolute Gasteiger partial charge is 0.497 e. The summed E-state index contributed by atoms with van der Waals surface area (Å²) in [7, 11) is 1.65. The monoisotopic (exact) mass is 247 g/mol. The quantitative estimate of drug-likeness (QED) is 0.801. The lowest BCUT2D eigenvalue weighted by Gasteiger charge is -2.29. The summed E-state index contributed by atoms with van der Waals surface area (Å²) in [5, 5.41) is 8.86. The van der Waals surface area contributed by atoms with Gasteiger partial charge in [-0.05, 0) is 6.92 Å². The third kappa shape index (κ3) is 3.19. The SMILES string of the molecule is COc1cc(C)nc(CN2CCOC(C#N)C2)c1. The molecule has 0 N–H and O–H groups in total. The van der Waals surface area contributed by atoms with Crippen LogP contribution in [0.15, 0.2) is 12.1 Å². The van der Waals surface area contributed by atoms with Crippen molar-refractivity contribution in [1.29, 1.82) is 5.26 Å². The number of morpholine rings is 1. The summed E-state index contributed by atoms with van der Waals surface area (Å²) >= 11 is 0. The molecule has 5 nitrogen and oxygen atoms in total. The van der Waals surface area contributed by atoms with Crippen molar-refractivity contribution in [2.45, 2.75) is 19.6 Å². The summed E-state index contributed by atoms with van der Waals surface area (Å²) in [4.78, 5) is 6.66. The Morgan fingerprint density at radius 2 is 2.44 bits per heavy atom. The zero-order chi connectivity index (χ0) is 13.0. The van der Waals surface area contributed by atoms with E-state index < -0.39 is 0 Å². The van der Waals surface area contributed by atoms with Gasteiger partial charge in [-0.3, -0.25) is 9.88 Å². The predicted molar refractivity (Wildman–Crippen MR) is 66.2 cm³/mol. The highest BCUT2D eigenvalue weighted by molar-refractivity contribution is 5.26. The van der Waals surface area contributed by atoms with E-state index in [2.05, 4.69) is 16.0 Å². The smallest absolute Gasteiger partial charge is 0.156 e. The molecule has 1 aromatic rings. The fourth-order valence-corrected chi connectivity index (χ4v) is 2.06. The average Bonchev–Trinajstić information content (AvgIpc) is 2.38. The van der Waals surface area contributed by atoms with Crippen LogP contribution < -0.4 is 4.74 Å².